The van der Waals surface area contributed by atoms with Gasteiger partial charge in [-0.05, 0) is 6.92 Å². The zero-order valence-electron chi connectivity index (χ0n) is 15.8. The summed E-state index contributed by atoms with van der Waals surface area (Å²) in [7, 11) is 2.88. The molecule has 0 aromatic carbocycles. The Morgan fingerprint density at radius 2 is 1.96 bits per heavy atom. The minimum absolute atomic E-state index is 0.0569. The van der Waals surface area contributed by atoms with E-state index < -0.39 is 48.2 Å². The van der Waals surface area contributed by atoms with Gasteiger partial charge in [0.05, 0.1) is 19.8 Å². The number of carbonyl (C=O) groups is 1. The standard InChI is InChI=1S/C16H25N3O9/c1-16(7-25-2,8-26-3)14(23)28-18-10-4-5-19(15(24)17-10)13-12(22)11(21)9(6-20)27-13/h4-5,9,11-13,20-22H,6-8H2,1-3H3,(H,17,18,24)/t9-,11-,12-,13-/m1/s1. The average Bonchev–Trinajstić information content (AvgIpc) is 2.94. The number of ether oxygens (including phenoxy) is 3. The van der Waals surface area contributed by atoms with E-state index in [0.717, 1.165) is 4.57 Å². The number of nitrogens with one attached hydrogen (secondary N) is 1. The lowest BCUT2D eigenvalue weighted by Crippen LogP contribution is -2.39. The van der Waals surface area contributed by atoms with Crippen LogP contribution in [0, 0.1) is 5.41 Å². The van der Waals surface area contributed by atoms with Crippen LogP contribution in [-0.2, 0) is 23.8 Å². The number of aromatic nitrogens is 2. The maximum absolute atomic E-state index is 12.3. The molecular weight excluding hydrogens is 378 g/mol. The number of aliphatic hydroxyl groups excluding tert-OH is 3. The van der Waals surface area contributed by atoms with E-state index >= 15 is 0 Å². The van der Waals surface area contributed by atoms with E-state index in [2.05, 4.69) is 10.5 Å². The molecule has 1 aliphatic rings. The van der Waals surface area contributed by atoms with Crippen LogP contribution >= 0.6 is 0 Å². The maximum Gasteiger partial charge on any atom is 0.351 e. The zero-order chi connectivity index (χ0) is 20.9. The highest BCUT2D eigenvalue weighted by Gasteiger charge is 2.43. The Balaban J connectivity index is 2.07. The molecule has 1 aliphatic heterocycles. The molecular formula is C16H25N3O9. The van der Waals surface area contributed by atoms with E-state index in [1.54, 1.807) is 6.92 Å². The summed E-state index contributed by atoms with van der Waals surface area (Å²) in [4.78, 5) is 33.2. The Morgan fingerprint density at radius 3 is 2.46 bits per heavy atom. The zero-order valence-corrected chi connectivity index (χ0v) is 15.8. The van der Waals surface area contributed by atoms with Gasteiger partial charge in [-0.15, -0.1) is 0 Å². The van der Waals surface area contributed by atoms with Gasteiger partial charge < -0.3 is 34.4 Å². The largest absolute Gasteiger partial charge is 0.394 e. The van der Waals surface area contributed by atoms with E-state index in [1.165, 1.54) is 26.5 Å². The quantitative estimate of drug-likeness (QED) is 0.338. The topological polar surface area (TPSA) is 162 Å². The van der Waals surface area contributed by atoms with Gasteiger partial charge in [0.1, 0.15) is 23.7 Å². The SMILES string of the molecule is COCC(C)(COC)C(=O)ONc1ccn([C@@H]2O[C@H](CO)[C@@H](O)[C@H]2O)c(=O)n1. The second-order valence-corrected chi connectivity index (χ2v) is 6.65. The third-order valence-electron chi connectivity index (χ3n) is 4.29. The monoisotopic (exact) mass is 403 g/mol. The van der Waals surface area contributed by atoms with Crippen molar-refractivity contribution >= 4 is 11.8 Å². The summed E-state index contributed by atoms with van der Waals surface area (Å²) in [5, 5.41) is 28.9. The van der Waals surface area contributed by atoms with Gasteiger partial charge in [0.2, 0.25) is 0 Å². The Bertz CT molecular complexity index is 720. The van der Waals surface area contributed by atoms with Crippen molar-refractivity contribution in [2.75, 3.05) is 39.5 Å². The highest BCUT2D eigenvalue weighted by molar-refractivity contribution is 5.77. The van der Waals surface area contributed by atoms with E-state index in [0.29, 0.717) is 0 Å². The fourth-order valence-corrected chi connectivity index (χ4v) is 2.79. The lowest BCUT2D eigenvalue weighted by atomic mass is 9.93. The molecule has 1 fully saturated rings. The third-order valence-corrected chi connectivity index (χ3v) is 4.29. The van der Waals surface area contributed by atoms with Gasteiger partial charge in [-0.1, -0.05) is 0 Å². The lowest BCUT2D eigenvalue weighted by Gasteiger charge is -2.25. The number of anilines is 1. The summed E-state index contributed by atoms with van der Waals surface area (Å²) in [6, 6.07) is 1.31. The Kier molecular flexibility index (Phi) is 7.46. The molecule has 12 nitrogen and oxygen atoms in total. The summed E-state index contributed by atoms with van der Waals surface area (Å²) in [6.07, 6.45) is -3.76. The van der Waals surface area contributed by atoms with E-state index in [9.17, 15) is 19.8 Å². The predicted octanol–water partition coefficient (Wildman–Crippen LogP) is -1.98. The first-order chi connectivity index (χ1) is 13.3. The molecule has 158 valence electrons. The van der Waals surface area contributed by atoms with Crippen LogP contribution in [0.2, 0.25) is 0 Å². The number of rotatable bonds is 9. The number of nitrogens with zero attached hydrogens (tertiary/aromatic N) is 2. The molecule has 2 rings (SSSR count). The van der Waals surface area contributed by atoms with E-state index in [1.807, 2.05) is 0 Å². The Morgan fingerprint density at radius 1 is 1.32 bits per heavy atom. The number of methoxy groups -OCH3 is 2. The summed E-state index contributed by atoms with van der Waals surface area (Å²) in [6.45, 7) is 1.19. The minimum atomic E-state index is -1.42. The third kappa shape index (κ3) is 4.66. The first-order valence-corrected chi connectivity index (χ1v) is 8.44. The number of hydrogen-bond donors (Lipinski definition) is 4. The first kappa shape index (κ1) is 22.2. The molecule has 1 aromatic heterocycles. The van der Waals surface area contributed by atoms with Gasteiger partial charge in [0.25, 0.3) is 0 Å². The van der Waals surface area contributed by atoms with Crippen molar-refractivity contribution in [2.45, 2.75) is 31.5 Å². The van der Waals surface area contributed by atoms with Crippen molar-refractivity contribution in [1.29, 1.82) is 0 Å². The van der Waals surface area contributed by atoms with E-state index in [-0.39, 0.29) is 19.0 Å². The van der Waals surface area contributed by atoms with Crippen LogP contribution in [-0.4, -0.2) is 83.2 Å². The smallest absolute Gasteiger partial charge is 0.351 e. The molecule has 0 spiro atoms. The molecule has 0 saturated carbocycles. The van der Waals surface area contributed by atoms with Gasteiger partial charge in [-0.2, -0.15) is 4.98 Å². The molecule has 1 saturated heterocycles. The molecule has 0 bridgehead atoms. The van der Waals surface area contributed by atoms with Crippen LogP contribution in [0.3, 0.4) is 0 Å². The summed E-state index contributed by atoms with van der Waals surface area (Å²) in [5.74, 6) is -0.732. The number of aliphatic hydroxyl groups is 3. The lowest BCUT2D eigenvalue weighted by molar-refractivity contribution is -0.158. The summed E-state index contributed by atoms with van der Waals surface area (Å²) in [5.41, 5.74) is 0.395. The molecule has 1 aromatic rings. The van der Waals surface area contributed by atoms with Crippen molar-refractivity contribution in [3.8, 4) is 0 Å². The van der Waals surface area contributed by atoms with Crippen LogP contribution < -0.4 is 11.2 Å². The fourth-order valence-electron chi connectivity index (χ4n) is 2.79. The number of hydrogen-bond acceptors (Lipinski definition) is 11. The molecule has 4 N–H and O–H groups in total. The molecule has 4 atom stereocenters. The first-order valence-electron chi connectivity index (χ1n) is 8.44. The minimum Gasteiger partial charge on any atom is -0.394 e. The van der Waals surface area contributed by atoms with Crippen LogP contribution in [0.1, 0.15) is 13.2 Å². The number of carbonyl (C=O) groups excluding carboxylic acids is 1. The van der Waals surface area contributed by atoms with Crippen molar-refractivity contribution in [1.82, 2.24) is 9.55 Å². The Labute approximate surface area is 160 Å². The van der Waals surface area contributed by atoms with Crippen molar-refractivity contribution in [2.24, 2.45) is 5.41 Å². The highest BCUT2D eigenvalue weighted by Crippen LogP contribution is 2.28. The van der Waals surface area contributed by atoms with Gasteiger partial charge in [-0.3, -0.25) is 4.57 Å². The van der Waals surface area contributed by atoms with Crippen LogP contribution in [0.25, 0.3) is 0 Å². The van der Waals surface area contributed by atoms with Gasteiger partial charge >= 0.3 is 11.7 Å². The van der Waals surface area contributed by atoms with Crippen molar-refractivity contribution in [3.05, 3.63) is 22.7 Å². The molecule has 0 aliphatic carbocycles. The summed E-state index contributed by atoms with van der Waals surface area (Å²) >= 11 is 0. The highest BCUT2D eigenvalue weighted by atomic mass is 16.7. The van der Waals surface area contributed by atoms with E-state index in [4.69, 9.17) is 24.2 Å². The summed E-state index contributed by atoms with van der Waals surface area (Å²) < 4.78 is 16.2. The predicted molar refractivity (Wildman–Crippen MR) is 93.1 cm³/mol. The molecule has 0 amide bonds. The molecule has 28 heavy (non-hydrogen) atoms. The van der Waals surface area contributed by atoms with Crippen LogP contribution in [0.5, 0.6) is 0 Å². The molecule has 2 heterocycles. The molecule has 0 radical (unpaired) electrons. The van der Waals surface area contributed by atoms with Crippen molar-refractivity contribution in [3.63, 3.8) is 0 Å². The molecule has 0 unspecified atom stereocenters. The fraction of sp³-hybridized carbons (Fsp3) is 0.688. The van der Waals surface area contributed by atoms with Gasteiger partial charge in [0, 0.05) is 26.5 Å². The van der Waals surface area contributed by atoms with Crippen molar-refractivity contribution < 1.29 is 39.2 Å². The Hall–Kier alpha value is -2.09. The van der Waals surface area contributed by atoms with Crippen LogP contribution in [0.15, 0.2) is 17.1 Å². The van der Waals surface area contributed by atoms with Crippen LogP contribution in [0.4, 0.5) is 5.82 Å². The second-order valence-electron chi connectivity index (χ2n) is 6.65. The molecule has 12 heteroatoms. The van der Waals surface area contributed by atoms with Gasteiger partial charge in [-0.25, -0.2) is 15.1 Å². The maximum atomic E-state index is 12.3. The average molecular weight is 403 g/mol. The normalized spacial score (nSPS) is 24.9. The van der Waals surface area contributed by atoms with Gasteiger partial charge in [0.15, 0.2) is 12.0 Å². The second kappa shape index (κ2) is 9.41.